The molecule has 1 amide bonds. The molecule has 4 nitrogen and oxygen atoms in total. The normalized spacial score (nSPS) is 24.1. The van der Waals surface area contributed by atoms with Gasteiger partial charge >= 0.3 is 0 Å². The van der Waals surface area contributed by atoms with Gasteiger partial charge in [0.2, 0.25) is 0 Å². The highest BCUT2D eigenvalue weighted by Crippen LogP contribution is 2.26. The largest absolute Gasteiger partial charge is 0.490 e. The van der Waals surface area contributed by atoms with Crippen molar-refractivity contribution >= 4 is 5.91 Å². The van der Waals surface area contributed by atoms with Gasteiger partial charge in [0.1, 0.15) is 19.1 Å². The topological polar surface area (TPSA) is 38.8 Å². The van der Waals surface area contributed by atoms with Crippen LogP contribution >= 0.6 is 0 Å². The van der Waals surface area contributed by atoms with E-state index in [-0.39, 0.29) is 5.91 Å². The Kier molecular flexibility index (Phi) is 4.21. The van der Waals surface area contributed by atoms with Gasteiger partial charge in [-0.3, -0.25) is 4.79 Å². The first-order chi connectivity index (χ1) is 9.84. The van der Waals surface area contributed by atoms with Gasteiger partial charge in [-0.1, -0.05) is 37.5 Å². The number of rotatable bonds is 4. The highest BCUT2D eigenvalue weighted by molar-refractivity contribution is 5.82. The molecular weight excluding hydrogens is 254 g/mol. The zero-order chi connectivity index (χ0) is 13.8. The van der Waals surface area contributed by atoms with Gasteiger partial charge in [-0.2, -0.15) is 0 Å². The summed E-state index contributed by atoms with van der Waals surface area (Å²) >= 11 is 0. The molecule has 4 heteroatoms. The number of nitrogens with zero attached hydrogens (tertiary/aromatic N) is 1. The van der Waals surface area contributed by atoms with Crippen molar-refractivity contribution in [3.63, 3.8) is 0 Å². The fraction of sp³-hybridized carbons (Fsp3) is 0.562. The van der Waals surface area contributed by atoms with Crippen LogP contribution in [0.5, 0.6) is 5.75 Å². The van der Waals surface area contributed by atoms with Crippen LogP contribution in [0.15, 0.2) is 30.3 Å². The van der Waals surface area contributed by atoms with Crippen molar-refractivity contribution in [2.45, 2.75) is 44.2 Å². The van der Waals surface area contributed by atoms with Crippen molar-refractivity contribution in [1.82, 2.24) is 4.90 Å². The van der Waals surface area contributed by atoms with Gasteiger partial charge in [0.05, 0.1) is 0 Å². The minimum absolute atomic E-state index is 0.0906. The Bertz CT molecular complexity index is 442. The van der Waals surface area contributed by atoms with Crippen LogP contribution in [0.2, 0.25) is 0 Å². The van der Waals surface area contributed by atoms with Crippen LogP contribution in [0, 0.1) is 0 Å². The molecule has 0 spiro atoms. The van der Waals surface area contributed by atoms with E-state index in [1.165, 1.54) is 19.3 Å². The molecule has 108 valence electrons. The van der Waals surface area contributed by atoms with E-state index in [2.05, 4.69) is 0 Å². The maximum atomic E-state index is 12.3. The van der Waals surface area contributed by atoms with E-state index in [0.29, 0.717) is 19.4 Å². The second-order valence-electron chi connectivity index (χ2n) is 5.51. The van der Waals surface area contributed by atoms with E-state index < -0.39 is 6.10 Å². The molecule has 1 saturated carbocycles. The van der Waals surface area contributed by atoms with Crippen LogP contribution in [-0.2, 0) is 9.53 Å². The van der Waals surface area contributed by atoms with Gasteiger partial charge in [-0.15, -0.1) is 0 Å². The Morgan fingerprint density at radius 3 is 2.65 bits per heavy atom. The molecule has 2 fully saturated rings. The molecule has 1 aliphatic heterocycles. The number of carbonyl (C=O) groups is 1. The Labute approximate surface area is 119 Å². The minimum Gasteiger partial charge on any atom is -0.490 e. The highest BCUT2D eigenvalue weighted by Gasteiger charge is 2.37. The van der Waals surface area contributed by atoms with Crippen LogP contribution in [-0.4, -0.2) is 36.3 Å². The molecular formula is C16H21NO3. The van der Waals surface area contributed by atoms with Gasteiger partial charge in [-0.25, -0.2) is 0 Å². The smallest absolute Gasteiger partial charge is 0.257 e. The minimum atomic E-state index is -0.447. The summed E-state index contributed by atoms with van der Waals surface area (Å²) in [7, 11) is 0. The maximum absolute atomic E-state index is 12.3. The van der Waals surface area contributed by atoms with Crippen LogP contribution in [0.4, 0.5) is 0 Å². The number of carbonyl (C=O) groups excluding carboxylic acids is 1. The van der Waals surface area contributed by atoms with E-state index >= 15 is 0 Å². The summed E-state index contributed by atoms with van der Waals surface area (Å²) in [6.45, 7) is 0.721. The summed E-state index contributed by atoms with van der Waals surface area (Å²) in [6.07, 6.45) is 5.51. The molecule has 0 aromatic heterocycles. The fourth-order valence-corrected chi connectivity index (χ4v) is 2.98. The summed E-state index contributed by atoms with van der Waals surface area (Å²) in [5, 5.41) is 0. The molecule has 1 aliphatic carbocycles. The van der Waals surface area contributed by atoms with E-state index in [4.69, 9.17) is 9.47 Å². The molecule has 1 aromatic rings. The third kappa shape index (κ3) is 2.96. The van der Waals surface area contributed by atoms with Crippen LogP contribution in [0.25, 0.3) is 0 Å². The van der Waals surface area contributed by atoms with Crippen LogP contribution < -0.4 is 4.74 Å². The summed E-state index contributed by atoms with van der Waals surface area (Å²) in [5.74, 6) is 0.868. The van der Waals surface area contributed by atoms with Gasteiger partial charge < -0.3 is 14.4 Å². The number of hydrogen-bond acceptors (Lipinski definition) is 3. The number of ether oxygens (including phenoxy) is 2. The van der Waals surface area contributed by atoms with Gasteiger partial charge in [0, 0.05) is 6.04 Å². The van der Waals surface area contributed by atoms with E-state index in [0.717, 1.165) is 18.6 Å². The summed E-state index contributed by atoms with van der Waals surface area (Å²) in [5.41, 5.74) is 0. The molecule has 0 N–H and O–H groups in total. The second-order valence-corrected chi connectivity index (χ2v) is 5.51. The van der Waals surface area contributed by atoms with Crippen LogP contribution in [0.3, 0.4) is 0 Å². The van der Waals surface area contributed by atoms with E-state index in [9.17, 15) is 4.79 Å². The first kappa shape index (κ1) is 13.4. The summed E-state index contributed by atoms with van der Waals surface area (Å²) < 4.78 is 11.2. The lowest BCUT2D eigenvalue weighted by Crippen LogP contribution is -2.40. The van der Waals surface area contributed by atoms with Gasteiger partial charge in [0.15, 0.2) is 6.10 Å². The molecule has 1 heterocycles. The average molecular weight is 275 g/mol. The molecule has 1 atom stereocenters. The quantitative estimate of drug-likeness (QED) is 0.847. The molecule has 1 saturated heterocycles. The second kappa shape index (κ2) is 6.27. The number of para-hydroxylation sites is 1. The predicted molar refractivity (Wildman–Crippen MR) is 75.4 cm³/mol. The Morgan fingerprint density at radius 2 is 1.90 bits per heavy atom. The molecule has 1 aromatic carbocycles. The van der Waals surface area contributed by atoms with Crippen molar-refractivity contribution in [3.05, 3.63) is 30.3 Å². The van der Waals surface area contributed by atoms with Crippen molar-refractivity contribution in [3.8, 4) is 5.75 Å². The van der Waals surface area contributed by atoms with Crippen molar-refractivity contribution < 1.29 is 14.3 Å². The highest BCUT2D eigenvalue weighted by atomic mass is 16.6. The average Bonchev–Trinajstić information content (AvgIpc) is 2.88. The predicted octanol–water partition coefficient (Wildman–Crippen LogP) is 2.58. The monoisotopic (exact) mass is 275 g/mol. The Balaban J connectivity index is 1.53. The third-order valence-corrected chi connectivity index (χ3v) is 4.13. The molecule has 0 radical (unpaired) electrons. The molecule has 1 unspecified atom stereocenters. The summed E-state index contributed by atoms with van der Waals surface area (Å²) in [4.78, 5) is 14.2. The molecule has 0 bridgehead atoms. The lowest BCUT2D eigenvalue weighted by molar-refractivity contribution is -0.132. The molecule has 20 heavy (non-hydrogen) atoms. The van der Waals surface area contributed by atoms with E-state index in [1.807, 2.05) is 35.2 Å². The van der Waals surface area contributed by atoms with Gasteiger partial charge in [-0.05, 0) is 25.0 Å². The number of hydrogen-bond donors (Lipinski definition) is 0. The lowest BCUT2D eigenvalue weighted by atomic mass is 9.94. The maximum Gasteiger partial charge on any atom is 0.257 e. The number of benzene rings is 1. The van der Waals surface area contributed by atoms with Crippen molar-refractivity contribution in [1.29, 1.82) is 0 Å². The zero-order valence-electron chi connectivity index (χ0n) is 11.7. The SMILES string of the molecule is O=C1C(COc2ccccc2)OCN1C1CCCCC1. The summed E-state index contributed by atoms with van der Waals surface area (Å²) in [6, 6.07) is 9.92. The number of amides is 1. The fourth-order valence-electron chi connectivity index (χ4n) is 2.98. The molecule has 2 aliphatic rings. The standard InChI is InChI=1S/C16H21NO3/c18-16-15(11-19-14-9-5-2-6-10-14)20-12-17(16)13-7-3-1-4-8-13/h2,5-6,9-10,13,15H,1,3-4,7-8,11-12H2. The molecule has 3 rings (SSSR count). The third-order valence-electron chi connectivity index (χ3n) is 4.13. The van der Waals surface area contributed by atoms with Crippen LogP contribution in [0.1, 0.15) is 32.1 Å². The van der Waals surface area contributed by atoms with E-state index in [1.54, 1.807) is 0 Å². The first-order valence-corrected chi connectivity index (χ1v) is 7.44. The Morgan fingerprint density at radius 1 is 1.15 bits per heavy atom. The van der Waals surface area contributed by atoms with Gasteiger partial charge in [0.25, 0.3) is 5.91 Å². The lowest BCUT2D eigenvalue weighted by Gasteiger charge is -2.29. The van der Waals surface area contributed by atoms with Crippen molar-refractivity contribution in [2.24, 2.45) is 0 Å². The first-order valence-electron chi connectivity index (χ1n) is 7.44. The van der Waals surface area contributed by atoms with Crippen molar-refractivity contribution in [2.75, 3.05) is 13.3 Å². The zero-order valence-corrected chi connectivity index (χ0v) is 11.7. The Hall–Kier alpha value is -1.55.